The number of hydrogen-bond donors (Lipinski definition) is 0. The van der Waals surface area contributed by atoms with Gasteiger partial charge in [0.15, 0.2) is 10.9 Å². The molecule has 1 aliphatic rings. The number of hydrogen-bond acceptors (Lipinski definition) is 7. The van der Waals surface area contributed by atoms with Gasteiger partial charge in [-0.1, -0.05) is 78.5 Å². The molecule has 0 bridgehead atoms. The fourth-order valence-corrected chi connectivity index (χ4v) is 5.91. The normalized spacial score (nSPS) is 14.2. The standard InChI is InChI=1S/C32H29F3N6O2S/c33-32(34,35)25-12-7-13-26(19-25)41-28(18-23-8-3-1-4-9-23)37-38-31(41)44-22-29-36-27(21-43-29)30(42)40-16-14-39(15-17-40)20-24-10-5-2-6-11-24/h1-13,19,21H,14-18,20,22H2. The van der Waals surface area contributed by atoms with Crippen LogP contribution < -0.4 is 0 Å². The summed E-state index contributed by atoms with van der Waals surface area (Å²) in [6.07, 6.45) is -2.76. The molecule has 3 aromatic carbocycles. The van der Waals surface area contributed by atoms with E-state index >= 15 is 0 Å². The van der Waals surface area contributed by atoms with E-state index in [1.165, 1.54) is 29.7 Å². The second-order valence-corrected chi connectivity index (χ2v) is 11.4. The smallest absolute Gasteiger partial charge is 0.416 e. The first kappa shape index (κ1) is 29.6. The van der Waals surface area contributed by atoms with Crippen molar-refractivity contribution in [2.45, 2.75) is 30.1 Å². The number of aromatic nitrogens is 4. The lowest BCUT2D eigenvalue weighted by Crippen LogP contribution is -2.48. The molecule has 1 amide bonds. The van der Waals surface area contributed by atoms with E-state index in [1.807, 2.05) is 48.5 Å². The lowest BCUT2D eigenvalue weighted by molar-refractivity contribution is -0.137. The summed E-state index contributed by atoms with van der Waals surface area (Å²) in [6.45, 7) is 3.54. The Hall–Kier alpha value is -4.42. The third kappa shape index (κ3) is 7.03. The van der Waals surface area contributed by atoms with Gasteiger partial charge in [0.05, 0.1) is 17.0 Å². The zero-order chi connectivity index (χ0) is 30.5. The number of thioether (sulfide) groups is 1. The van der Waals surface area contributed by atoms with Crippen LogP contribution in [0.15, 0.2) is 101 Å². The maximum Gasteiger partial charge on any atom is 0.416 e. The van der Waals surface area contributed by atoms with Gasteiger partial charge in [0.1, 0.15) is 12.1 Å². The Kier molecular flexibility index (Phi) is 8.80. The van der Waals surface area contributed by atoms with Crippen molar-refractivity contribution in [2.24, 2.45) is 0 Å². The number of nitrogens with zero attached hydrogens (tertiary/aromatic N) is 6. The summed E-state index contributed by atoms with van der Waals surface area (Å²) in [5.74, 6) is 0.819. The van der Waals surface area contributed by atoms with Crippen LogP contribution in [-0.4, -0.2) is 61.6 Å². The third-order valence-electron chi connectivity index (χ3n) is 7.34. The highest BCUT2D eigenvalue weighted by molar-refractivity contribution is 7.98. The van der Waals surface area contributed by atoms with Crippen molar-refractivity contribution >= 4 is 17.7 Å². The van der Waals surface area contributed by atoms with Crippen LogP contribution in [0.1, 0.15) is 38.9 Å². The molecule has 1 saturated heterocycles. The maximum absolute atomic E-state index is 13.5. The molecule has 0 atom stereocenters. The minimum absolute atomic E-state index is 0.193. The molecule has 1 fully saturated rings. The quantitative estimate of drug-likeness (QED) is 0.184. The molecule has 5 aromatic rings. The maximum atomic E-state index is 13.5. The van der Waals surface area contributed by atoms with Crippen molar-refractivity contribution in [3.8, 4) is 5.69 Å². The van der Waals surface area contributed by atoms with E-state index in [9.17, 15) is 18.0 Å². The van der Waals surface area contributed by atoms with Gasteiger partial charge in [-0.05, 0) is 29.3 Å². The van der Waals surface area contributed by atoms with Crippen LogP contribution in [0.5, 0.6) is 0 Å². The van der Waals surface area contributed by atoms with Gasteiger partial charge in [-0.15, -0.1) is 10.2 Å². The minimum Gasteiger partial charge on any atom is -0.447 e. The zero-order valence-electron chi connectivity index (χ0n) is 23.7. The van der Waals surface area contributed by atoms with Crippen LogP contribution in [0.4, 0.5) is 13.2 Å². The molecule has 44 heavy (non-hydrogen) atoms. The van der Waals surface area contributed by atoms with Crippen LogP contribution in [0, 0.1) is 0 Å². The average Bonchev–Trinajstić information content (AvgIpc) is 3.68. The van der Waals surface area contributed by atoms with Gasteiger partial charge in [0.25, 0.3) is 5.91 Å². The van der Waals surface area contributed by atoms with E-state index in [4.69, 9.17) is 4.42 Å². The van der Waals surface area contributed by atoms with E-state index in [1.54, 1.807) is 15.5 Å². The van der Waals surface area contributed by atoms with E-state index in [0.29, 0.717) is 42.1 Å². The summed E-state index contributed by atoms with van der Waals surface area (Å²) in [6, 6.07) is 24.8. The molecule has 0 saturated carbocycles. The number of piperazine rings is 1. The molecule has 0 unspecified atom stereocenters. The fourth-order valence-electron chi connectivity index (χ4n) is 5.08. The average molecular weight is 619 g/mol. The number of carbonyl (C=O) groups excluding carboxylic acids is 1. The third-order valence-corrected chi connectivity index (χ3v) is 8.25. The Morgan fingerprint density at radius 1 is 0.864 bits per heavy atom. The second-order valence-electron chi connectivity index (χ2n) is 10.4. The second kappa shape index (κ2) is 13.1. The lowest BCUT2D eigenvalue weighted by Gasteiger charge is -2.34. The van der Waals surface area contributed by atoms with E-state index in [2.05, 4.69) is 32.2 Å². The Labute approximate surface area is 256 Å². The van der Waals surface area contributed by atoms with Crippen molar-refractivity contribution in [1.82, 2.24) is 29.5 Å². The predicted molar refractivity (Wildman–Crippen MR) is 159 cm³/mol. The van der Waals surface area contributed by atoms with Crippen molar-refractivity contribution in [1.29, 1.82) is 0 Å². The van der Waals surface area contributed by atoms with Crippen LogP contribution in [0.25, 0.3) is 5.69 Å². The van der Waals surface area contributed by atoms with Gasteiger partial charge in [0.2, 0.25) is 5.89 Å². The molecule has 226 valence electrons. The molecule has 8 nitrogen and oxygen atoms in total. The first-order valence-corrected chi connectivity index (χ1v) is 15.1. The Morgan fingerprint density at radius 3 is 2.27 bits per heavy atom. The Morgan fingerprint density at radius 2 is 1.57 bits per heavy atom. The lowest BCUT2D eigenvalue weighted by atomic mass is 10.1. The first-order valence-electron chi connectivity index (χ1n) is 14.1. The SMILES string of the molecule is O=C(c1coc(CSc2nnc(Cc3ccccc3)n2-c2cccc(C(F)(F)F)c2)n1)N1CCN(Cc2ccccc2)CC1. The summed E-state index contributed by atoms with van der Waals surface area (Å²) in [5, 5.41) is 8.99. The summed E-state index contributed by atoms with van der Waals surface area (Å²) in [7, 11) is 0. The molecular weight excluding hydrogens is 589 g/mol. The molecular formula is C32H29F3N6O2S. The number of oxazole rings is 1. The van der Waals surface area contributed by atoms with Crippen molar-refractivity contribution in [3.63, 3.8) is 0 Å². The molecule has 0 aliphatic carbocycles. The van der Waals surface area contributed by atoms with Gasteiger partial charge in [0, 0.05) is 39.1 Å². The number of benzene rings is 3. The highest BCUT2D eigenvalue weighted by atomic mass is 32.2. The Bertz CT molecular complexity index is 1700. The number of halogens is 3. The van der Waals surface area contributed by atoms with Crippen molar-refractivity contribution in [3.05, 3.63) is 125 Å². The molecule has 2 aromatic heterocycles. The molecule has 0 N–H and O–H groups in total. The first-order chi connectivity index (χ1) is 21.3. The van der Waals surface area contributed by atoms with E-state index < -0.39 is 11.7 Å². The van der Waals surface area contributed by atoms with Gasteiger partial charge < -0.3 is 9.32 Å². The highest BCUT2D eigenvalue weighted by Gasteiger charge is 2.31. The van der Waals surface area contributed by atoms with Gasteiger partial charge in [-0.3, -0.25) is 14.3 Å². The van der Waals surface area contributed by atoms with Crippen molar-refractivity contribution in [2.75, 3.05) is 26.2 Å². The highest BCUT2D eigenvalue weighted by Crippen LogP contribution is 2.32. The van der Waals surface area contributed by atoms with Crippen LogP contribution in [0.3, 0.4) is 0 Å². The minimum atomic E-state index is -4.49. The van der Waals surface area contributed by atoms with Crippen LogP contribution >= 0.6 is 11.8 Å². The summed E-state index contributed by atoms with van der Waals surface area (Å²) in [4.78, 5) is 21.6. The number of carbonyl (C=O) groups is 1. The fraction of sp³-hybridized carbons (Fsp3) is 0.250. The molecule has 12 heteroatoms. The molecule has 0 radical (unpaired) electrons. The van der Waals surface area contributed by atoms with Crippen LogP contribution in [0.2, 0.25) is 0 Å². The topological polar surface area (TPSA) is 80.3 Å². The number of rotatable bonds is 9. The van der Waals surface area contributed by atoms with Crippen LogP contribution in [-0.2, 0) is 24.9 Å². The monoisotopic (exact) mass is 618 g/mol. The molecule has 0 spiro atoms. The zero-order valence-corrected chi connectivity index (χ0v) is 24.5. The summed E-state index contributed by atoms with van der Waals surface area (Å²) >= 11 is 1.22. The molecule has 6 rings (SSSR count). The summed E-state index contributed by atoms with van der Waals surface area (Å²) < 4.78 is 47.8. The van der Waals surface area contributed by atoms with E-state index in [-0.39, 0.29) is 17.4 Å². The van der Waals surface area contributed by atoms with Gasteiger partial charge in [-0.25, -0.2) is 4.98 Å². The predicted octanol–water partition coefficient (Wildman–Crippen LogP) is 6.12. The van der Waals surface area contributed by atoms with Gasteiger partial charge in [-0.2, -0.15) is 13.2 Å². The molecule has 1 aliphatic heterocycles. The largest absolute Gasteiger partial charge is 0.447 e. The summed E-state index contributed by atoms with van der Waals surface area (Å²) in [5.41, 5.74) is 1.94. The van der Waals surface area contributed by atoms with E-state index in [0.717, 1.165) is 37.3 Å². The van der Waals surface area contributed by atoms with Crippen molar-refractivity contribution < 1.29 is 22.4 Å². The number of amides is 1. The molecule has 3 heterocycles. The van der Waals surface area contributed by atoms with Gasteiger partial charge >= 0.3 is 6.18 Å². The Balaban J connectivity index is 1.14. The number of alkyl halides is 3.